The van der Waals surface area contributed by atoms with E-state index in [1.54, 1.807) is 60.5 Å². The molecule has 186 valence electrons. The number of amides is 1. The van der Waals surface area contributed by atoms with Gasteiger partial charge in [-0.3, -0.25) is 19.8 Å². The molecule has 3 atom stereocenters. The normalized spacial score (nSPS) is 22.9. The van der Waals surface area contributed by atoms with Crippen molar-refractivity contribution in [1.29, 1.82) is 0 Å². The highest BCUT2D eigenvalue weighted by molar-refractivity contribution is 6.32. The molecule has 1 N–H and O–H groups in total. The van der Waals surface area contributed by atoms with E-state index >= 15 is 0 Å². The second kappa shape index (κ2) is 9.07. The number of hydrogen-bond donors (Lipinski definition) is 1. The fraction of sp³-hybridized carbons (Fsp3) is 0.269. The van der Waals surface area contributed by atoms with Crippen LogP contribution >= 0.6 is 11.6 Å². The van der Waals surface area contributed by atoms with Crippen molar-refractivity contribution < 1.29 is 23.6 Å². The van der Waals surface area contributed by atoms with Gasteiger partial charge in [0.25, 0.3) is 11.9 Å². The van der Waals surface area contributed by atoms with Gasteiger partial charge in [0, 0.05) is 22.7 Å². The number of fused-ring (bicyclic) bond motifs is 2. The lowest BCUT2D eigenvalue weighted by Crippen LogP contribution is -2.54. The number of nitrogens with one attached hydrogen (secondary N) is 1. The molecule has 0 aliphatic carbocycles. The maximum absolute atomic E-state index is 13.5. The molecule has 2 heterocycles. The minimum Gasteiger partial charge on any atom is -0.493 e. The number of likely N-dealkylation sites (N-methyl/N-ethyl adjacent to an activating group) is 1. The first-order chi connectivity index (χ1) is 17.3. The van der Waals surface area contributed by atoms with E-state index in [-0.39, 0.29) is 40.4 Å². The van der Waals surface area contributed by atoms with Crippen LogP contribution in [0.2, 0.25) is 5.02 Å². The van der Waals surface area contributed by atoms with Crippen LogP contribution in [0.5, 0.6) is 11.5 Å². The summed E-state index contributed by atoms with van der Waals surface area (Å²) in [4.78, 5) is 27.2. The summed E-state index contributed by atoms with van der Waals surface area (Å²) in [6.45, 7) is 0.299. The predicted octanol–water partition coefficient (Wildman–Crippen LogP) is 4.59. The number of hydrogen-bond acceptors (Lipinski definition) is 6. The molecule has 3 aromatic rings. The zero-order valence-electron chi connectivity index (χ0n) is 19.5. The Bertz CT molecular complexity index is 1370. The molecule has 2 aliphatic rings. The van der Waals surface area contributed by atoms with Gasteiger partial charge in [0.15, 0.2) is 17.0 Å². The molecule has 1 amide bonds. The molecule has 1 saturated heterocycles. The summed E-state index contributed by atoms with van der Waals surface area (Å²) < 4.78 is 24.9. The molecular formula is C26H23ClFN3O5. The quantitative estimate of drug-likeness (QED) is 0.384. The molecule has 3 aromatic carbocycles. The summed E-state index contributed by atoms with van der Waals surface area (Å²) in [6.07, 6.45) is 0. The molecular weight excluding hydrogens is 489 g/mol. The highest BCUT2D eigenvalue weighted by Gasteiger charge is 2.68. The van der Waals surface area contributed by atoms with Crippen LogP contribution in [-0.2, 0) is 16.9 Å². The Morgan fingerprint density at radius 1 is 1.22 bits per heavy atom. The monoisotopic (exact) mass is 511 g/mol. The van der Waals surface area contributed by atoms with E-state index in [1.807, 2.05) is 0 Å². The van der Waals surface area contributed by atoms with Crippen LogP contribution in [0.1, 0.15) is 22.6 Å². The van der Waals surface area contributed by atoms with Crippen molar-refractivity contribution in [2.45, 2.75) is 24.1 Å². The summed E-state index contributed by atoms with van der Waals surface area (Å²) in [5, 5.41) is 15.5. The Balaban J connectivity index is 1.53. The largest absolute Gasteiger partial charge is 0.493 e. The molecule has 0 saturated carbocycles. The third kappa shape index (κ3) is 3.66. The van der Waals surface area contributed by atoms with Gasteiger partial charge in [-0.2, -0.15) is 0 Å². The van der Waals surface area contributed by atoms with Gasteiger partial charge < -0.3 is 14.8 Å². The van der Waals surface area contributed by atoms with E-state index in [0.717, 1.165) is 0 Å². The maximum Gasteiger partial charge on any atom is 0.256 e. The summed E-state index contributed by atoms with van der Waals surface area (Å²) in [6, 6.07) is 15.0. The lowest BCUT2D eigenvalue weighted by atomic mass is 9.79. The van der Waals surface area contributed by atoms with Gasteiger partial charge in [0.1, 0.15) is 12.4 Å². The van der Waals surface area contributed by atoms with Crippen LogP contribution in [0.3, 0.4) is 0 Å². The molecule has 0 radical (unpaired) electrons. The number of carbonyl (C=O) groups is 1. The van der Waals surface area contributed by atoms with Gasteiger partial charge >= 0.3 is 0 Å². The zero-order valence-corrected chi connectivity index (χ0v) is 20.3. The third-order valence-electron chi connectivity index (χ3n) is 6.99. The summed E-state index contributed by atoms with van der Waals surface area (Å²) in [7, 11) is 3.16. The van der Waals surface area contributed by atoms with Crippen LogP contribution < -0.4 is 14.8 Å². The number of ether oxygens (including phenoxy) is 2. The third-order valence-corrected chi connectivity index (χ3v) is 7.27. The van der Waals surface area contributed by atoms with Crippen molar-refractivity contribution in [3.63, 3.8) is 0 Å². The second-order valence-electron chi connectivity index (χ2n) is 8.94. The van der Waals surface area contributed by atoms with Crippen LogP contribution in [-0.4, -0.2) is 42.5 Å². The molecule has 0 bridgehead atoms. The number of halogens is 2. The van der Waals surface area contributed by atoms with Gasteiger partial charge in [-0.05, 0) is 48.5 Å². The molecule has 2 aliphatic heterocycles. The van der Waals surface area contributed by atoms with Crippen molar-refractivity contribution >= 4 is 23.2 Å². The average molecular weight is 512 g/mol. The lowest BCUT2D eigenvalue weighted by molar-refractivity contribution is -0.534. The van der Waals surface area contributed by atoms with Crippen LogP contribution in [0.15, 0.2) is 60.7 Å². The second-order valence-corrected chi connectivity index (χ2v) is 9.34. The zero-order chi connectivity index (χ0) is 25.6. The summed E-state index contributed by atoms with van der Waals surface area (Å²) in [5.41, 5.74) is 0.846. The fourth-order valence-corrected chi connectivity index (χ4v) is 5.73. The lowest BCUT2D eigenvalue weighted by Gasteiger charge is -2.30. The number of nitro groups is 1. The number of nitrogens with zero attached hydrogens (tertiary/aromatic N) is 2. The summed E-state index contributed by atoms with van der Waals surface area (Å²) >= 11 is 6.57. The average Bonchev–Trinajstić information content (AvgIpc) is 3.32. The van der Waals surface area contributed by atoms with Crippen molar-refractivity contribution in [1.82, 2.24) is 4.90 Å². The van der Waals surface area contributed by atoms with Crippen LogP contribution in [0, 0.1) is 15.9 Å². The SMILES string of the molecule is COc1cc([C@@H]2CN(C)[C@@]3(C(=O)Nc4ccccc43)[C@@H]2[N+](=O)[O-])cc(Cl)c1OCc1cccc(F)c1. The van der Waals surface area contributed by atoms with E-state index in [4.69, 9.17) is 21.1 Å². The van der Waals surface area contributed by atoms with Gasteiger partial charge in [-0.1, -0.05) is 41.9 Å². The number of likely N-dealkylation sites (tertiary alicyclic amines) is 1. The van der Waals surface area contributed by atoms with E-state index < -0.39 is 23.4 Å². The molecule has 8 nitrogen and oxygen atoms in total. The molecule has 0 aromatic heterocycles. The van der Waals surface area contributed by atoms with Crippen molar-refractivity contribution in [3.8, 4) is 11.5 Å². The topological polar surface area (TPSA) is 93.9 Å². The van der Waals surface area contributed by atoms with Gasteiger partial charge in [0.05, 0.1) is 18.1 Å². The fourth-order valence-electron chi connectivity index (χ4n) is 5.46. The molecule has 0 unspecified atom stereocenters. The minimum atomic E-state index is -1.46. The Hall–Kier alpha value is -3.69. The number of rotatable bonds is 6. The van der Waals surface area contributed by atoms with Crippen LogP contribution in [0.25, 0.3) is 0 Å². The van der Waals surface area contributed by atoms with E-state index in [9.17, 15) is 19.3 Å². The van der Waals surface area contributed by atoms with Crippen molar-refractivity contribution in [3.05, 3.63) is 98.3 Å². The first-order valence-electron chi connectivity index (χ1n) is 11.3. The number of para-hydroxylation sites is 1. The van der Waals surface area contributed by atoms with Gasteiger partial charge in [-0.25, -0.2) is 4.39 Å². The standard InChI is InChI=1S/C26H23ClFN3O5/c1-30-13-18(24(31(33)34)26(30)19-8-3-4-9-21(19)29-25(26)32)16-11-20(27)23(22(12-16)35-2)36-14-15-6-5-7-17(28)10-15/h3-12,18,24H,13-14H2,1-2H3,(H,29,32)/t18-,24+,26+/m0/s1. The predicted molar refractivity (Wildman–Crippen MR) is 132 cm³/mol. The smallest absolute Gasteiger partial charge is 0.256 e. The summed E-state index contributed by atoms with van der Waals surface area (Å²) in [5.74, 6) is -0.938. The Kier molecular flexibility index (Phi) is 6.05. The molecule has 36 heavy (non-hydrogen) atoms. The highest BCUT2D eigenvalue weighted by Crippen LogP contribution is 2.53. The van der Waals surface area contributed by atoms with Gasteiger partial charge in [0.2, 0.25) is 0 Å². The number of anilines is 1. The van der Waals surface area contributed by atoms with Crippen molar-refractivity contribution in [2.24, 2.45) is 0 Å². The van der Waals surface area contributed by atoms with E-state index in [0.29, 0.717) is 22.4 Å². The van der Waals surface area contributed by atoms with Crippen LogP contribution in [0.4, 0.5) is 10.1 Å². The van der Waals surface area contributed by atoms with Crippen molar-refractivity contribution in [2.75, 3.05) is 26.0 Å². The first kappa shape index (κ1) is 24.0. The first-order valence-corrected chi connectivity index (χ1v) is 11.7. The maximum atomic E-state index is 13.5. The van der Waals surface area contributed by atoms with Gasteiger partial charge in [-0.15, -0.1) is 0 Å². The minimum absolute atomic E-state index is 0.0525. The molecule has 1 fully saturated rings. The van der Waals surface area contributed by atoms with E-state index in [1.165, 1.54) is 19.2 Å². The molecule has 1 spiro atoms. The number of methoxy groups -OCH3 is 1. The Morgan fingerprint density at radius 2 is 2.00 bits per heavy atom. The Morgan fingerprint density at radius 3 is 2.72 bits per heavy atom. The number of carbonyl (C=O) groups excluding carboxylic acids is 1. The number of benzene rings is 3. The molecule has 10 heteroatoms. The highest BCUT2D eigenvalue weighted by atomic mass is 35.5. The van der Waals surface area contributed by atoms with E-state index in [2.05, 4.69) is 5.32 Å². The molecule has 5 rings (SSSR count). The Labute approximate surface area is 211 Å².